The second kappa shape index (κ2) is 21.2. The van der Waals surface area contributed by atoms with Crippen LogP contribution in [0.1, 0.15) is 89.9 Å². The van der Waals surface area contributed by atoms with Crippen LogP contribution in [0.4, 0.5) is 5.13 Å². The van der Waals surface area contributed by atoms with Crippen molar-refractivity contribution in [1.29, 1.82) is 0 Å². The van der Waals surface area contributed by atoms with Gasteiger partial charge >= 0.3 is 5.97 Å². The number of carbonyl (C=O) groups is 6. The minimum atomic E-state index is -1.26. The third-order valence-electron chi connectivity index (χ3n) is 10.6. The lowest BCUT2D eigenvalue weighted by atomic mass is 9.80. The molecule has 3 unspecified atom stereocenters. The van der Waals surface area contributed by atoms with Crippen molar-refractivity contribution in [3.63, 3.8) is 0 Å². The van der Waals surface area contributed by atoms with E-state index < -0.39 is 47.2 Å². The van der Waals surface area contributed by atoms with E-state index in [1.165, 1.54) is 6.08 Å². The molecule has 57 heavy (non-hydrogen) atoms. The van der Waals surface area contributed by atoms with Crippen molar-refractivity contribution in [3.8, 4) is 0 Å². The van der Waals surface area contributed by atoms with Crippen molar-refractivity contribution < 1.29 is 33.9 Å². The van der Waals surface area contributed by atoms with Gasteiger partial charge in [-0.25, -0.2) is 4.98 Å². The highest BCUT2D eigenvalue weighted by Crippen LogP contribution is 2.29. The quantitative estimate of drug-likeness (QED) is 0.0581. The molecule has 0 saturated heterocycles. The van der Waals surface area contributed by atoms with Crippen LogP contribution in [0.25, 0.3) is 10.2 Å². The first-order chi connectivity index (χ1) is 27.5. The number of rotatable bonds is 20. The van der Waals surface area contributed by atoms with E-state index in [2.05, 4.69) is 36.6 Å². The summed E-state index contributed by atoms with van der Waals surface area (Å²) in [4.78, 5) is 86.4. The number of amides is 5. The molecule has 1 aromatic carbocycles. The van der Waals surface area contributed by atoms with Crippen LogP contribution in [0, 0.1) is 11.8 Å². The monoisotopic (exact) mass is 802 g/mol. The molecule has 16 heteroatoms. The molecule has 306 valence electrons. The Morgan fingerprint density at radius 3 is 2.42 bits per heavy atom. The van der Waals surface area contributed by atoms with Gasteiger partial charge < -0.3 is 37.4 Å². The van der Waals surface area contributed by atoms with E-state index in [1.807, 2.05) is 42.5 Å². The number of carboxylic acid groups (broad SMARTS) is 1. The molecule has 2 heterocycles. The smallest absolute Gasteiger partial charge is 0.303 e. The first-order valence-corrected chi connectivity index (χ1v) is 20.7. The highest BCUT2D eigenvalue weighted by Gasteiger charge is 2.41. The summed E-state index contributed by atoms with van der Waals surface area (Å²) in [6.07, 6.45) is 18.5. The zero-order valence-electron chi connectivity index (χ0n) is 32.1. The number of hydrogen-bond acceptors (Lipinski definition) is 10. The molecule has 1 saturated carbocycles. The predicted octanol–water partition coefficient (Wildman–Crippen LogP) is 4.02. The maximum Gasteiger partial charge on any atom is 0.303 e. The van der Waals surface area contributed by atoms with Gasteiger partial charge in [0, 0.05) is 37.3 Å². The number of nitrogens with two attached hydrogens (primary N) is 1. The number of allylic oxidation sites excluding steroid dienone is 2. The Morgan fingerprint density at radius 1 is 0.947 bits per heavy atom. The zero-order valence-corrected chi connectivity index (χ0v) is 32.9. The minimum Gasteiger partial charge on any atom is -0.481 e. The first-order valence-electron chi connectivity index (χ1n) is 19.9. The normalized spacial score (nSPS) is 21.0. The molecule has 5 atom stereocenters. The number of nitrogens with one attached hydrogen (secondary N) is 5. The van der Waals surface area contributed by atoms with Gasteiger partial charge in [-0.05, 0) is 82.4 Å². The van der Waals surface area contributed by atoms with Crippen molar-refractivity contribution in [2.24, 2.45) is 22.6 Å². The van der Waals surface area contributed by atoms with Gasteiger partial charge in [-0.3, -0.25) is 33.8 Å². The van der Waals surface area contributed by atoms with Crippen LogP contribution >= 0.6 is 11.3 Å². The third-order valence-corrected chi connectivity index (χ3v) is 11.6. The van der Waals surface area contributed by atoms with Gasteiger partial charge in [0.05, 0.1) is 16.1 Å². The fraction of sp³-hybridized carbons (Fsp3) is 0.512. The summed E-state index contributed by atoms with van der Waals surface area (Å²) >= 11 is 1.56. The molecule has 3 aliphatic rings. The van der Waals surface area contributed by atoms with E-state index in [0.29, 0.717) is 57.9 Å². The van der Waals surface area contributed by atoms with E-state index in [0.717, 1.165) is 28.2 Å². The largest absolute Gasteiger partial charge is 0.481 e. The molecule has 1 aliphatic heterocycles. The molecule has 0 bridgehead atoms. The van der Waals surface area contributed by atoms with Crippen molar-refractivity contribution in [1.82, 2.24) is 26.3 Å². The van der Waals surface area contributed by atoms with E-state index in [9.17, 15) is 33.9 Å². The second-order valence-electron chi connectivity index (χ2n) is 14.9. The summed E-state index contributed by atoms with van der Waals surface area (Å²) < 4.78 is 1.08. The summed E-state index contributed by atoms with van der Waals surface area (Å²) in [5.41, 5.74) is 5.42. The number of fused-ring (bicyclic) bond motifs is 1. The third kappa shape index (κ3) is 13.1. The highest BCUT2D eigenvalue weighted by molar-refractivity contribution is 7.22. The molecule has 1 aromatic heterocycles. The number of aliphatic imine (C=N–C) groups is 1. The summed E-state index contributed by atoms with van der Waals surface area (Å²) in [7, 11) is 0. The average Bonchev–Trinajstić information content (AvgIpc) is 3.62. The number of anilines is 1. The minimum absolute atomic E-state index is 0.00363. The van der Waals surface area contributed by atoms with Crippen LogP contribution in [0.3, 0.4) is 0 Å². The van der Waals surface area contributed by atoms with Gasteiger partial charge in [0.2, 0.25) is 29.5 Å². The van der Waals surface area contributed by atoms with Crippen LogP contribution in [0.2, 0.25) is 0 Å². The Labute approximate surface area is 336 Å². The first kappa shape index (κ1) is 42.8. The lowest BCUT2D eigenvalue weighted by Gasteiger charge is -2.36. The van der Waals surface area contributed by atoms with Crippen LogP contribution in [0.5, 0.6) is 0 Å². The summed E-state index contributed by atoms with van der Waals surface area (Å²) in [5, 5.41) is 24.8. The molecular formula is C41H54N8O7S. The molecular weight excluding hydrogens is 749 g/mol. The fourth-order valence-electron chi connectivity index (χ4n) is 7.29. The van der Waals surface area contributed by atoms with Crippen molar-refractivity contribution in [3.05, 3.63) is 60.8 Å². The van der Waals surface area contributed by atoms with Crippen molar-refractivity contribution in [2.75, 3.05) is 11.9 Å². The van der Waals surface area contributed by atoms with E-state index in [-0.39, 0.29) is 49.5 Å². The Balaban J connectivity index is 1.22. The molecule has 0 radical (unpaired) electrons. The number of benzene rings is 1. The van der Waals surface area contributed by atoms with Crippen LogP contribution in [0.15, 0.2) is 65.8 Å². The van der Waals surface area contributed by atoms with Gasteiger partial charge in [-0.2, -0.15) is 0 Å². The SMILES string of the molecule is NC(=O)C1(NC(=O)[C@@H](CCCC(=O)O)NC(=O)[C@@H](CCCCNC(=O)/C=C/C2C=NC=CC2)NC(=O)C2C=CC(Nc3nc4ccccc4s3)CC2)CCCCC1. The number of unbranched alkanes of at least 4 members (excludes halogenated alkanes) is 1. The number of carbonyl (C=O) groups excluding carboxylic acids is 5. The topological polar surface area (TPSA) is 234 Å². The molecule has 5 rings (SSSR count). The molecule has 0 spiro atoms. The van der Waals surface area contributed by atoms with Gasteiger partial charge in [0.25, 0.3) is 0 Å². The number of hydrogen-bond donors (Lipinski definition) is 7. The predicted molar refractivity (Wildman–Crippen MR) is 219 cm³/mol. The number of carboxylic acids is 1. The van der Waals surface area contributed by atoms with Crippen LogP contribution < -0.4 is 32.3 Å². The molecule has 5 amide bonds. The maximum absolute atomic E-state index is 14.0. The van der Waals surface area contributed by atoms with Gasteiger partial charge in [-0.15, -0.1) is 0 Å². The molecule has 2 aromatic rings. The molecule has 1 fully saturated rings. The Hall–Kier alpha value is -5.38. The number of primary amides is 1. The Morgan fingerprint density at radius 2 is 1.72 bits per heavy atom. The maximum atomic E-state index is 14.0. The van der Waals surface area contributed by atoms with Crippen LogP contribution in [-0.2, 0) is 28.8 Å². The number of aromatic nitrogens is 1. The zero-order chi connectivity index (χ0) is 40.6. The lowest BCUT2D eigenvalue weighted by molar-refractivity contribution is -0.138. The van der Waals surface area contributed by atoms with E-state index in [4.69, 9.17) is 5.73 Å². The number of aliphatic carboxylic acids is 1. The highest BCUT2D eigenvalue weighted by atomic mass is 32.1. The Kier molecular flexibility index (Phi) is 15.9. The van der Waals surface area contributed by atoms with Gasteiger partial charge in [0.1, 0.15) is 17.6 Å². The summed E-state index contributed by atoms with van der Waals surface area (Å²) in [6.45, 7) is 0.341. The van der Waals surface area contributed by atoms with E-state index >= 15 is 0 Å². The van der Waals surface area contributed by atoms with E-state index in [1.54, 1.807) is 29.8 Å². The van der Waals surface area contributed by atoms with Crippen molar-refractivity contribution in [2.45, 2.75) is 114 Å². The Bertz CT molecular complexity index is 1830. The molecule has 8 N–H and O–H groups in total. The number of para-hydroxylation sites is 1. The summed E-state index contributed by atoms with van der Waals surface area (Å²) in [6, 6.07) is 5.65. The standard InChI is InChI=1S/C41H54N8O7S/c42-39(56)41(22-5-1-6-23-41)49-38(55)32(13-8-15-35(51)52)47-37(54)31(12-4-7-25-44-34(50)21-16-27-10-9-24-43-26-27)46-36(53)28-17-19-29(20-18-28)45-40-48-30-11-2-3-14-33(30)57-40/h2-3,9,11,14,16-17,19,21,24,26-29,31-32H,1,4-8,10,12-13,15,18,20,22-23,25H2,(H2,42,56)(H,44,50)(H,45,48)(H,46,53)(H,47,54)(H,49,55)(H,51,52)/b21-16+/t27?,28?,29?,31-,32-/m1/s1. The number of thiazole rings is 1. The second-order valence-corrected chi connectivity index (χ2v) is 16.0. The summed E-state index contributed by atoms with van der Waals surface area (Å²) in [5.74, 6) is -3.98. The number of nitrogens with zero attached hydrogens (tertiary/aromatic N) is 2. The lowest BCUT2D eigenvalue weighted by Crippen LogP contribution is -2.63. The van der Waals surface area contributed by atoms with Gasteiger partial charge in [-0.1, -0.05) is 67.0 Å². The van der Waals surface area contributed by atoms with Crippen molar-refractivity contribution >= 4 is 68.4 Å². The van der Waals surface area contributed by atoms with Gasteiger partial charge in [0.15, 0.2) is 5.13 Å². The molecule has 15 nitrogen and oxygen atoms in total. The van der Waals surface area contributed by atoms with Crippen LogP contribution in [-0.4, -0.2) is 82.0 Å². The molecule has 2 aliphatic carbocycles. The fourth-order valence-corrected chi connectivity index (χ4v) is 8.22. The average molecular weight is 803 g/mol.